The molecule has 1 aliphatic heterocycles. The van der Waals surface area contributed by atoms with Gasteiger partial charge in [0.25, 0.3) is 5.69 Å². The number of non-ortho nitro benzene ring substituents is 1. The smallest absolute Gasteiger partial charge is 0.269 e. The molecule has 0 saturated heterocycles. The van der Waals surface area contributed by atoms with Crippen molar-refractivity contribution >= 4 is 5.69 Å². The third-order valence-electron chi connectivity index (χ3n) is 5.38. The average Bonchev–Trinajstić information content (AvgIpc) is 3.06. The summed E-state index contributed by atoms with van der Waals surface area (Å²) in [6, 6.07) is 16.6. The lowest BCUT2D eigenvalue weighted by Crippen LogP contribution is -2.29. The number of aromatic nitrogens is 1. The molecule has 6 heteroatoms. The van der Waals surface area contributed by atoms with Crippen molar-refractivity contribution < 1.29 is 10.0 Å². The molecule has 0 aliphatic carbocycles. The SMILES string of the molecule is Cc1ccc(O)c(CN2CCCn3cccc3[C@@H]2c2ccc([N+](=O)[O-])cc2)c1. The molecule has 0 fully saturated rings. The Bertz CT molecular complexity index is 995. The Morgan fingerprint density at radius 3 is 2.68 bits per heavy atom. The van der Waals surface area contributed by atoms with Crippen LogP contribution >= 0.6 is 0 Å². The van der Waals surface area contributed by atoms with E-state index in [0.29, 0.717) is 12.3 Å². The van der Waals surface area contributed by atoms with Crippen LogP contribution in [0.3, 0.4) is 0 Å². The highest BCUT2D eigenvalue weighted by Crippen LogP contribution is 2.35. The molecule has 2 aromatic carbocycles. The summed E-state index contributed by atoms with van der Waals surface area (Å²) in [7, 11) is 0. The highest BCUT2D eigenvalue weighted by Gasteiger charge is 2.28. The summed E-state index contributed by atoms with van der Waals surface area (Å²) in [5, 5.41) is 21.4. The molecule has 3 aromatic rings. The second-order valence-corrected chi connectivity index (χ2v) is 7.33. The number of phenolic OH excluding ortho intramolecular Hbond substituents is 1. The van der Waals surface area contributed by atoms with Gasteiger partial charge in [0.1, 0.15) is 5.75 Å². The molecule has 28 heavy (non-hydrogen) atoms. The first-order valence-electron chi connectivity index (χ1n) is 9.45. The first kappa shape index (κ1) is 18.3. The Morgan fingerprint density at radius 1 is 1.14 bits per heavy atom. The van der Waals surface area contributed by atoms with E-state index in [1.165, 1.54) is 5.69 Å². The second-order valence-electron chi connectivity index (χ2n) is 7.33. The molecule has 4 rings (SSSR count). The number of phenols is 1. The molecule has 2 heterocycles. The van der Waals surface area contributed by atoms with Crippen LogP contribution in [-0.2, 0) is 13.1 Å². The van der Waals surface area contributed by atoms with Crippen molar-refractivity contribution in [3.8, 4) is 5.75 Å². The normalized spacial score (nSPS) is 17.1. The first-order valence-corrected chi connectivity index (χ1v) is 9.45. The van der Waals surface area contributed by atoms with E-state index in [-0.39, 0.29) is 16.7 Å². The van der Waals surface area contributed by atoms with Crippen molar-refractivity contribution in [3.63, 3.8) is 0 Å². The Morgan fingerprint density at radius 2 is 1.93 bits per heavy atom. The number of aryl methyl sites for hydroxylation is 2. The Hall–Kier alpha value is -3.12. The number of nitrogens with zero attached hydrogens (tertiary/aromatic N) is 3. The van der Waals surface area contributed by atoms with E-state index >= 15 is 0 Å². The van der Waals surface area contributed by atoms with Crippen LogP contribution in [0, 0.1) is 17.0 Å². The lowest BCUT2D eigenvalue weighted by Gasteiger charge is -2.31. The fourth-order valence-corrected chi connectivity index (χ4v) is 4.03. The number of hydrogen-bond acceptors (Lipinski definition) is 4. The maximum absolute atomic E-state index is 11.0. The van der Waals surface area contributed by atoms with E-state index in [1.807, 2.05) is 37.3 Å². The largest absolute Gasteiger partial charge is 0.508 e. The molecule has 1 atom stereocenters. The molecule has 144 valence electrons. The number of nitro groups is 1. The first-order chi connectivity index (χ1) is 13.5. The van der Waals surface area contributed by atoms with E-state index in [0.717, 1.165) is 36.2 Å². The van der Waals surface area contributed by atoms with Gasteiger partial charge < -0.3 is 9.67 Å². The zero-order valence-corrected chi connectivity index (χ0v) is 15.8. The highest BCUT2D eigenvalue weighted by atomic mass is 16.6. The Labute approximate surface area is 163 Å². The van der Waals surface area contributed by atoms with Crippen molar-refractivity contribution in [2.75, 3.05) is 6.54 Å². The van der Waals surface area contributed by atoms with E-state index < -0.39 is 0 Å². The van der Waals surface area contributed by atoms with Crippen molar-refractivity contribution in [1.82, 2.24) is 9.47 Å². The summed E-state index contributed by atoms with van der Waals surface area (Å²) in [5.41, 5.74) is 4.28. The molecule has 0 unspecified atom stereocenters. The topological polar surface area (TPSA) is 71.5 Å². The molecular formula is C22H23N3O3. The summed E-state index contributed by atoms with van der Waals surface area (Å²) in [6.07, 6.45) is 3.08. The summed E-state index contributed by atoms with van der Waals surface area (Å²) < 4.78 is 2.25. The van der Waals surface area contributed by atoms with Crippen LogP contribution in [0.1, 0.15) is 34.8 Å². The van der Waals surface area contributed by atoms with Crippen molar-refractivity contribution in [2.45, 2.75) is 32.5 Å². The van der Waals surface area contributed by atoms with Gasteiger partial charge in [-0.05, 0) is 37.1 Å². The summed E-state index contributed by atoms with van der Waals surface area (Å²) >= 11 is 0. The summed E-state index contributed by atoms with van der Waals surface area (Å²) in [6.45, 7) is 4.43. The predicted molar refractivity (Wildman–Crippen MR) is 107 cm³/mol. The third-order valence-corrected chi connectivity index (χ3v) is 5.38. The fourth-order valence-electron chi connectivity index (χ4n) is 4.03. The maximum Gasteiger partial charge on any atom is 0.269 e. The Kier molecular flexibility index (Phi) is 4.88. The highest BCUT2D eigenvalue weighted by molar-refractivity contribution is 5.39. The van der Waals surface area contributed by atoms with Gasteiger partial charge in [-0.1, -0.05) is 29.8 Å². The van der Waals surface area contributed by atoms with Crippen molar-refractivity contribution in [1.29, 1.82) is 0 Å². The number of nitro benzene ring substituents is 1. The number of fused-ring (bicyclic) bond motifs is 1. The van der Waals surface area contributed by atoms with Gasteiger partial charge in [-0.15, -0.1) is 0 Å². The molecule has 1 aliphatic rings. The minimum Gasteiger partial charge on any atom is -0.508 e. The predicted octanol–water partition coefficient (Wildman–Crippen LogP) is 4.41. The fraction of sp³-hybridized carbons (Fsp3) is 0.273. The molecule has 0 spiro atoms. The standard InChI is InChI=1S/C22H23N3O3/c1-16-5-10-21(26)18(14-16)15-24-13-3-12-23-11-2-4-20(23)22(24)17-6-8-19(9-7-17)25(27)28/h2,4-11,14,22,26H,3,12-13,15H2,1H3/t22-/m0/s1. The van der Waals surface area contributed by atoms with Gasteiger partial charge in [-0.25, -0.2) is 0 Å². The number of hydrogen-bond donors (Lipinski definition) is 1. The molecule has 1 aromatic heterocycles. The van der Waals surface area contributed by atoms with Crippen LogP contribution in [0.4, 0.5) is 5.69 Å². The molecule has 0 radical (unpaired) electrons. The zero-order chi connectivity index (χ0) is 19.7. The molecule has 0 bridgehead atoms. The number of rotatable bonds is 4. The zero-order valence-electron chi connectivity index (χ0n) is 15.8. The molecule has 0 saturated carbocycles. The van der Waals surface area contributed by atoms with Gasteiger partial charge >= 0.3 is 0 Å². The van der Waals surface area contributed by atoms with E-state index in [4.69, 9.17) is 0 Å². The van der Waals surface area contributed by atoms with Crippen LogP contribution in [0.5, 0.6) is 5.75 Å². The number of benzene rings is 2. The van der Waals surface area contributed by atoms with E-state index in [1.54, 1.807) is 18.2 Å². The van der Waals surface area contributed by atoms with Crippen LogP contribution < -0.4 is 0 Å². The van der Waals surface area contributed by atoms with E-state index in [9.17, 15) is 15.2 Å². The number of aromatic hydroxyl groups is 1. The van der Waals surface area contributed by atoms with Crippen LogP contribution in [0.25, 0.3) is 0 Å². The van der Waals surface area contributed by atoms with Crippen molar-refractivity contribution in [2.24, 2.45) is 0 Å². The molecule has 0 amide bonds. The van der Waals surface area contributed by atoms with Gasteiger partial charge in [0.15, 0.2) is 0 Å². The van der Waals surface area contributed by atoms with Crippen LogP contribution in [0.15, 0.2) is 60.8 Å². The quantitative estimate of drug-likeness (QED) is 0.540. The maximum atomic E-state index is 11.0. The van der Waals surface area contributed by atoms with Crippen LogP contribution in [-0.4, -0.2) is 26.0 Å². The minimum absolute atomic E-state index is 0.0294. The second kappa shape index (κ2) is 7.48. The van der Waals surface area contributed by atoms with E-state index in [2.05, 4.69) is 21.7 Å². The average molecular weight is 377 g/mol. The molecule has 6 nitrogen and oxygen atoms in total. The van der Waals surface area contributed by atoms with Gasteiger partial charge in [0.05, 0.1) is 11.0 Å². The molecule has 1 N–H and O–H groups in total. The van der Waals surface area contributed by atoms with Gasteiger partial charge in [0.2, 0.25) is 0 Å². The van der Waals surface area contributed by atoms with Gasteiger partial charge in [0, 0.05) is 49.2 Å². The van der Waals surface area contributed by atoms with Crippen LogP contribution in [0.2, 0.25) is 0 Å². The summed E-state index contributed by atoms with van der Waals surface area (Å²) in [4.78, 5) is 13.0. The third kappa shape index (κ3) is 3.51. The van der Waals surface area contributed by atoms with Crippen molar-refractivity contribution in [3.05, 3.63) is 93.3 Å². The Balaban J connectivity index is 1.75. The van der Waals surface area contributed by atoms with Gasteiger partial charge in [-0.3, -0.25) is 15.0 Å². The van der Waals surface area contributed by atoms with Gasteiger partial charge in [-0.2, -0.15) is 0 Å². The minimum atomic E-state index is -0.373. The summed E-state index contributed by atoms with van der Waals surface area (Å²) in [5.74, 6) is 0.299. The lowest BCUT2D eigenvalue weighted by atomic mass is 10.00. The lowest BCUT2D eigenvalue weighted by molar-refractivity contribution is -0.384. The monoisotopic (exact) mass is 377 g/mol. The molecular weight excluding hydrogens is 354 g/mol.